The van der Waals surface area contributed by atoms with E-state index in [1.54, 1.807) is 18.5 Å². The van der Waals surface area contributed by atoms with Crippen LogP contribution in [0.1, 0.15) is 51.4 Å². The van der Waals surface area contributed by atoms with E-state index in [9.17, 15) is 9.59 Å². The zero-order valence-electron chi connectivity index (χ0n) is 14.6. The Balaban J connectivity index is 1.34. The molecule has 2 amide bonds. The first-order chi connectivity index (χ1) is 12.2. The lowest BCUT2D eigenvalue weighted by atomic mass is 9.96. The molecule has 0 unspecified atom stereocenters. The fourth-order valence-electron chi connectivity index (χ4n) is 3.73. The van der Waals surface area contributed by atoms with Gasteiger partial charge < -0.3 is 4.90 Å². The molecule has 1 aromatic heterocycles. The van der Waals surface area contributed by atoms with Crippen LogP contribution in [0.5, 0.6) is 0 Å². The maximum absolute atomic E-state index is 12.2. The van der Waals surface area contributed by atoms with Gasteiger partial charge in [0.15, 0.2) is 0 Å². The van der Waals surface area contributed by atoms with Gasteiger partial charge in [0, 0.05) is 37.8 Å². The third-order valence-corrected chi connectivity index (χ3v) is 5.28. The number of hydrazine groups is 1. The largest absolute Gasteiger partial charge is 0.341 e. The minimum Gasteiger partial charge on any atom is -0.341 e. The molecule has 25 heavy (non-hydrogen) atoms. The van der Waals surface area contributed by atoms with Gasteiger partial charge in [0.05, 0.1) is 0 Å². The fourth-order valence-corrected chi connectivity index (χ4v) is 3.73. The number of rotatable bonds is 5. The molecule has 0 aromatic carbocycles. The highest BCUT2D eigenvalue weighted by Crippen LogP contribution is 2.28. The number of hydrogen-bond acceptors (Lipinski definition) is 5. The van der Waals surface area contributed by atoms with Crippen molar-refractivity contribution in [3.05, 3.63) is 18.5 Å². The Bertz CT molecular complexity index is 566. The summed E-state index contributed by atoms with van der Waals surface area (Å²) in [5, 5.41) is 0. The molecular formula is C18H27N5O2. The van der Waals surface area contributed by atoms with E-state index in [0.717, 1.165) is 32.4 Å². The summed E-state index contributed by atoms with van der Waals surface area (Å²) in [6.45, 7) is 1.50. The van der Waals surface area contributed by atoms with Crippen molar-refractivity contribution in [3.63, 3.8) is 0 Å². The van der Waals surface area contributed by atoms with Gasteiger partial charge in [-0.3, -0.25) is 20.4 Å². The molecule has 0 spiro atoms. The minimum absolute atomic E-state index is 0.0740. The second kappa shape index (κ2) is 8.78. The number of amides is 2. The SMILES string of the molecule is O=C(CCC1CCCC1)NNC(=O)C1CCN(c2ncccn2)CC1. The average molecular weight is 345 g/mol. The highest BCUT2D eigenvalue weighted by Gasteiger charge is 2.26. The summed E-state index contributed by atoms with van der Waals surface area (Å²) in [5.41, 5.74) is 5.16. The summed E-state index contributed by atoms with van der Waals surface area (Å²) in [5.74, 6) is 1.14. The molecule has 2 N–H and O–H groups in total. The number of piperidine rings is 1. The summed E-state index contributed by atoms with van der Waals surface area (Å²) >= 11 is 0. The van der Waals surface area contributed by atoms with Gasteiger partial charge in [0.25, 0.3) is 0 Å². The van der Waals surface area contributed by atoms with E-state index in [4.69, 9.17) is 0 Å². The van der Waals surface area contributed by atoms with E-state index in [2.05, 4.69) is 25.7 Å². The normalized spacial score (nSPS) is 19.0. The van der Waals surface area contributed by atoms with Crippen molar-refractivity contribution in [1.82, 2.24) is 20.8 Å². The van der Waals surface area contributed by atoms with E-state index >= 15 is 0 Å². The van der Waals surface area contributed by atoms with Crippen LogP contribution >= 0.6 is 0 Å². The quantitative estimate of drug-likeness (QED) is 0.795. The maximum atomic E-state index is 12.2. The third kappa shape index (κ3) is 5.14. The van der Waals surface area contributed by atoms with Gasteiger partial charge in [0.1, 0.15) is 0 Å². The lowest BCUT2D eigenvalue weighted by Gasteiger charge is -2.31. The van der Waals surface area contributed by atoms with Gasteiger partial charge >= 0.3 is 0 Å². The Morgan fingerprint density at radius 1 is 1.04 bits per heavy atom. The number of carbonyl (C=O) groups excluding carboxylic acids is 2. The van der Waals surface area contributed by atoms with Crippen molar-refractivity contribution >= 4 is 17.8 Å². The molecule has 2 heterocycles. The Morgan fingerprint density at radius 3 is 2.40 bits per heavy atom. The summed E-state index contributed by atoms with van der Waals surface area (Å²) in [6, 6.07) is 1.79. The van der Waals surface area contributed by atoms with Crippen molar-refractivity contribution in [2.45, 2.75) is 51.4 Å². The van der Waals surface area contributed by atoms with Crippen LogP contribution in [-0.2, 0) is 9.59 Å². The molecule has 0 bridgehead atoms. The Hall–Kier alpha value is -2.18. The minimum atomic E-state index is -0.0946. The maximum Gasteiger partial charge on any atom is 0.241 e. The molecule has 136 valence electrons. The van der Waals surface area contributed by atoms with Crippen molar-refractivity contribution < 1.29 is 9.59 Å². The zero-order valence-corrected chi connectivity index (χ0v) is 14.6. The highest BCUT2D eigenvalue weighted by atomic mass is 16.2. The van der Waals surface area contributed by atoms with Crippen LogP contribution in [0.25, 0.3) is 0 Å². The first-order valence-corrected chi connectivity index (χ1v) is 9.33. The summed E-state index contributed by atoms with van der Waals surface area (Å²) in [7, 11) is 0. The van der Waals surface area contributed by atoms with E-state index in [0.29, 0.717) is 18.3 Å². The second-order valence-electron chi connectivity index (χ2n) is 7.04. The average Bonchev–Trinajstić information content (AvgIpc) is 3.19. The van der Waals surface area contributed by atoms with E-state index in [1.807, 2.05) is 0 Å². The second-order valence-corrected chi connectivity index (χ2v) is 7.04. The Labute approximate surface area is 148 Å². The summed E-state index contributed by atoms with van der Waals surface area (Å²) in [6.07, 6.45) is 11.4. The molecule has 7 nitrogen and oxygen atoms in total. The van der Waals surface area contributed by atoms with E-state index in [1.165, 1.54) is 25.7 Å². The smallest absolute Gasteiger partial charge is 0.241 e. The highest BCUT2D eigenvalue weighted by molar-refractivity contribution is 5.83. The topological polar surface area (TPSA) is 87.2 Å². The number of anilines is 1. The Kier molecular flexibility index (Phi) is 6.19. The lowest BCUT2D eigenvalue weighted by Crippen LogP contribution is -2.47. The summed E-state index contributed by atoms with van der Waals surface area (Å²) in [4.78, 5) is 34.7. The van der Waals surface area contributed by atoms with Crippen LogP contribution in [0.15, 0.2) is 18.5 Å². The van der Waals surface area contributed by atoms with Gasteiger partial charge in [0.2, 0.25) is 17.8 Å². The Morgan fingerprint density at radius 2 is 1.72 bits per heavy atom. The van der Waals surface area contributed by atoms with E-state index < -0.39 is 0 Å². The molecule has 7 heteroatoms. The molecule has 1 saturated heterocycles. The van der Waals surface area contributed by atoms with Crippen LogP contribution in [0.4, 0.5) is 5.95 Å². The fraction of sp³-hybridized carbons (Fsp3) is 0.667. The molecule has 0 radical (unpaired) electrons. The van der Waals surface area contributed by atoms with Crippen molar-refractivity contribution in [3.8, 4) is 0 Å². The van der Waals surface area contributed by atoms with Gasteiger partial charge in [-0.15, -0.1) is 0 Å². The zero-order chi connectivity index (χ0) is 17.5. The van der Waals surface area contributed by atoms with Gasteiger partial charge in [-0.05, 0) is 31.2 Å². The number of hydrogen-bond donors (Lipinski definition) is 2. The van der Waals surface area contributed by atoms with Gasteiger partial charge in [-0.2, -0.15) is 0 Å². The van der Waals surface area contributed by atoms with Crippen LogP contribution in [0.2, 0.25) is 0 Å². The molecule has 3 rings (SSSR count). The molecule has 1 aromatic rings. The summed E-state index contributed by atoms with van der Waals surface area (Å²) < 4.78 is 0. The van der Waals surface area contributed by atoms with Crippen molar-refractivity contribution in [2.75, 3.05) is 18.0 Å². The monoisotopic (exact) mass is 345 g/mol. The molecule has 1 saturated carbocycles. The van der Waals surface area contributed by atoms with Crippen LogP contribution in [0.3, 0.4) is 0 Å². The predicted octanol–water partition coefficient (Wildman–Crippen LogP) is 1.81. The molecular weight excluding hydrogens is 318 g/mol. The molecule has 2 aliphatic rings. The van der Waals surface area contributed by atoms with Crippen LogP contribution in [-0.4, -0.2) is 34.9 Å². The van der Waals surface area contributed by atoms with Crippen LogP contribution < -0.4 is 15.8 Å². The number of carbonyl (C=O) groups is 2. The lowest BCUT2D eigenvalue weighted by molar-refractivity contribution is -0.131. The van der Waals surface area contributed by atoms with Crippen molar-refractivity contribution in [1.29, 1.82) is 0 Å². The number of aromatic nitrogens is 2. The molecule has 1 aliphatic carbocycles. The van der Waals surface area contributed by atoms with Gasteiger partial charge in [-0.25, -0.2) is 9.97 Å². The first-order valence-electron chi connectivity index (χ1n) is 9.33. The molecule has 1 aliphatic heterocycles. The number of nitrogens with zero attached hydrogens (tertiary/aromatic N) is 3. The first kappa shape index (κ1) is 17.6. The van der Waals surface area contributed by atoms with E-state index in [-0.39, 0.29) is 17.7 Å². The predicted molar refractivity (Wildman–Crippen MR) is 94.4 cm³/mol. The molecule has 0 atom stereocenters. The molecule has 2 fully saturated rings. The van der Waals surface area contributed by atoms with Crippen LogP contribution in [0, 0.1) is 11.8 Å². The standard InChI is InChI=1S/C18H27N5O2/c24-16(7-6-14-4-1-2-5-14)21-22-17(25)15-8-12-23(13-9-15)18-19-10-3-11-20-18/h3,10-11,14-15H,1-2,4-9,12-13H2,(H,21,24)(H,22,25). The van der Waals surface area contributed by atoms with Crippen molar-refractivity contribution in [2.24, 2.45) is 11.8 Å². The van der Waals surface area contributed by atoms with Gasteiger partial charge in [-0.1, -0.05) is 25.7 Å². The number of nitrogens with one attached hydrogen (secondary N) is 2. The third-order valence-electron chi connectivity index (χ3n) is 5.28.